The van der Waals surface area contributed by atoms with Crippen molar-refractivity contribution < 1.29 is 0 Å². The molecule has 3 rings (SSSR count). The van der Waals surface area contributed by atoms with E-state index in [9.17, 15) is 0 Å². The molecule has 2 aromatic carbocycles. The number of aromatic amines is 1. The van der Waals surface area contributed by atoms with Gasteiger partial charge in [-0.15, -0.1) is 0 Å². The van der Waals surface area contributed by atoms with E-state index in [0.29, 0.717) is 4.77 Å². The number of benzene rings is 2. The molecule has 0 bridgehead atoms. The highest BCUT2D eigenvalue weighted by atomic mass is 79.9. The van der Waals surface area contributed by atoms with E-state index >= 15 is 0 Å². The lowest BCUT2D eigenvalue weighted by molar-refractivity contribution is 0.857. The molecule has 1 N–H and O–H groups in total. The van der Waals surface area contributed by atoms with E-state index in [1.54, 1.807) is 4.68 Å². The molecule has 23 heavy (non-hydrogen) atoms. The summed E-state index contributed by atoms with van der Waals surface area (Å²) in [6, 6.07) is 16.1. The summed E-state index contributed by atoms with van der Waals surface area (Å²) in [6.07, 6.45) is 1.91. The van der Waals surface area contributed by atoms with Crippen LogP contribution in [-0.4, -0.2) is 15.4 Å². The number of H-pyrrole nitrogens is 1. The first-order valence-corrected chi connectivity index (χ1v) is 8.91. The normalized spacial score (nSPS) is 11.7. The molecule has 0 fully saturated rings. The Bertz CT molecular complexity index is 906. The number of hydrogen-bond acceptors (Lipinski definition) is 2. The van der Waals surface area contributed by atoms with Crippen LogP contribution >= 0.6 is 44.1 Å². The molecule has 0 unspecified atom stereocenters. The molecule has 0 saturated carbocycles. The maximum absolute atomic E-state index is 5.37. The van der Waals surface area contributed by atoms with Gasteiger partial charge >= 0.3 is 0 Å². The van der Waals surface area contributed by atoms with Gasteiger partial charge in [-0.25, -0.2) is 4.68 Å². The summed E-state index contributed by atoms with van der Waals surface area (Å²) in [5, 5.41) is 4.60. The van der Waals surface area contributed by atoms with Gasteiger partial charge in [-0.3, -0.25) is 0 Å². The van der Waals surface area contributed by atoms with Gasteiger partial charge in [-0.1, -0.05) is 56.1 Å². The van der Waals surface area contributed by atoms with E-state index in [0.717, 1.165) is 31.5 Å². The summed E-state index contributed by atoms with van der Waals surface area (Å²) in [4.78, 5) is 3.19. The van der Waals surface area contributed by atoms with Gasteiger partial charge in [0.15, 0.2) is 4.77 Å². The van der Waals surface area contributed by atoms with Crippen molar-refractivity contribution in [3.63, 3.8) is 0 Å². The van der Waals surface area contributed by atoms with Crippen molar-refractivity contribution in [1.29, 1.82) is 0 Å². The first-order chi connectivity index (χ1) is 11.0. The van der Waals surface area contributed by atoms with Gasteiger partial charge in [-0.05, 0) is 54.5 Å². The number of rotatable bonds is 3. The zero-order chi connectivity index (χ0) is 16.4. The molecule has 3 aromatic rings. The van der Waals surface area contributed by atoms with Crippen LogP contribution in [0.25, 0.3) is 11.3 Å². The molecule has 3 nitrogen and oxygen atoms in total. The highest BCUT2D eigenvalue weighted by Gasteiger charge is 2.04. The van der Waals surface area contributed by atoms with Crippen molar-refractivity contribution in [2.75, 3.05) is 0 Å². The summed E-state index contributed by atoms with van der Waals surface area (Å²) in [5.41, 5.74) is 3.96. The molecule has 0 saturated heterocycles. The monoisotopic (exact) mass is 449 g/mol. The molecule has 0 amide bonds. The third kappa shape index (κ3) is 3.88. The number of aromatic nitrogens is 2. The summed E-state index contributed by atoms with van der Waals surface area (Å²) >= 11 is 12.2. The number of nitrogens with zero attached hydrogens (tertiary/aromatic N) is 2. The van der Waals surface area contributed by atoms with Crippen LogP contribution in [0.5, 0.6) is 0 Å². The van der Waals surface area contributed by atoms with E-state index in [-0.39, 0.29) is 0 Å². The van der Waals surface area contributed by atoms with Crippen molar-refractivity contribution in [2.45, 2.75) is 6.92 Å². The second kappa shape index (κ2) is 6.95. The van der Waals surface area contributed by atoms with Gasteiger partial charge in [0.25, 0.3) is 0 Å². The van der Waals surface area contributed by atoms with Crippen LogP contribution in [0.4, 0.5) is 0 Å². The van der Waals surface area contributed by atoms with E-state index in [2.05, 4.69) is 41.9 Å². The Hall–Kier alpha value is -1.50. The van der Waals surface area contributed by atoms with Gasteiger partial charge in [0.05, 0.1) is 17.6 Å². The molecule has 0 aliphatic heterocycles. The molecule has 6 heteroatoms. The Kier molecular flexibility index (Phi) is 4.94. The highest BCUT2D eigenvalue weighted by molar-refractivity contribution is 9.10. The van der Waals surface area contributed by atoms with Crippen LogP contribution in [0.3, 0.4) is 0 Å². The average molecular weight is 451 g/mol. The van der Waals surface area contributed by atoms with Crippen molar-refractivity contribution in [3.8, 4) is 11.3 Å². The van der Waals surface area contributed by atoms with Gasteiger partial charge in [0, 0.05) is 8.95 Å². The Balaban J connectivity index is 1.94. The third-order valence-electron chi connectivity index (χ3n) is 3.38. The minimum atomic E-state index is 0.569. The molecular formula is C17H13Br2N3S. The number of halogens is 2. The van der Waals surface area contributed by atoms with E-state index < -0.39 is 0 Å². The Labute approximate surface area is 156 Å². The predicted octanol–water partition coefficient (Wildman–Crippen LogP) is 6.01. The van der Waals surface area contributed by atoms with Gasteiger partial charge in [0.1, 0.15) is 0 Å². The predicted molar refractivity (Wildman–Crippen MR) is 105 cm³/mol. The Morgan fingerprint density at radius 1 is 1.00 bits per heavy atom. The van der Waals surface area contributed by atoms with Crippen LogP contribution in [0.2, 0.25) is 0 Å². The second-order valence-corrected chi connectivity index (χ2v) is 7.23. The maximum Gasteiger partial charge on any atom is 0.198 e. The lowest BCUT2D eigenvalue weighted by Crippen LogP contribution is -1.98. The average Bonchev–Trinajstić information content (AvgIpc) is 2.89. The van der Waals surface area contributed by atoms with E-state index in [4.69, 9.17) is 12.2 Å². The maximum atomic E-state index is 5.37. The van der Waals surface area contributed by atoms with Crippen LogP contribution in [0.1, 0.15) is 12.5 Å². The SMILES string of the molecule is C/C(=N\n1cc(-c2ccc(Br)cc2)[nH]c1=S)c1ccc(Br)cc1. The quantitative estimate of drug-likeness (QED) is 0.384. The van der Waals surface area contributed by atoms with Crippen molar-refractivity contribution >= 4 is 49.8 Å². The largest absolute Gasteiger partial charge is 0.329 e. The fraction of sp³-hybridized carbons (Fsp3) is 0.0588. The fourth-order valence-electron chi connectivity index (χ4n) is 2.15. The lowest BCUT2D eigenvalue weighted by Gasteiger charge is -2.01. The van der Waals surface area contributed by atoms with Crippen molar-refractivity contribution in [3.05, 3.63) is 74.0 Å². The lowest BCUT2D eigenvalue weighted by atomic mass is 10.1. The summed E-state index contributed by atoms with van der Waals surface area (Å²) in [5.74, 6) is 0. The fourth-order valence-corrected chi connectivity index (χ4v) is 2.88. The van der Waals surface area contributed by atoms with Crippen molar-refractivity contribution in [1.82, 2.24) is 9.66 Å². The molecule has 0 atom stereocenters. The third-order valence-corrected chi connectivity index (χ3v) is 4.72. The molecule has 0 radical (unpaired) electrons. The van der Waals surface area contributed by atoms with Gasteiger partial charge < -0.3 is 4.98 Å². The molecule has 116 valence electrons. The first kappa shape index (κ1) is 16.4. The molecule has 0 spiro atoms. The Morgan fingerprint density at radius 2 is 1.57 bits per heavy atom. The van der Waals surface area contributed by atoms with E-state index in [1.807, 2.05) is 61.7 Å². The molecular weight excluding hydrogens is 438 g/mol. The second-order valence-electron chi connectivity index (χ2n) is 5.02. The Morgan fingerprint density at radius 3 is 2.17 bits per heavy atom. The number of imidazole rings is 1. The van der Waals surface area contributed by atoms with Gasteiger partial charge in [0.2, 0.25) is 0 Å². The van der Waals surface area contributed by atoms with Gasteiger partial charge in [-0.2, -0.15) is 5.10 Å². The van der Waals surface area contributed by atoms with Crippen LogP contribution < -0.4 is 0 Å². The summed E-state index contributed by atoms with van der Waals surface area (Å²) < 4.78 is 4.36. The zero-order valence-electron chi connectivity index (χ0n) is 12.3. The number of nitrogens with one attached hydrogen (secondary N) is 1. The molecule has 1 heterocycles. The summed E-state index contributed by atoms with van der Waals surface area (Å²) in [6.45, 7) is 1.97. The van der Waals surface area contributed by atoms with Crippen molar-refractivity contribution in [2.24, 2.45) is 5.10 Å². The molecule has 0 aliphatic carbocycles. The van der Waals surface area contributed by atoms with Crippen LogP contribution in [0, 0.1) is 4.77 Å². The topological polar surface area (TPSA) is 33.1 Å². The molecule has 0 aliphatic rings. The zero-order valence-corrected chi connectivity index (χ0v) is 16.2. The minimum Gasteiger partial charge on any atom is -0.329 e. The number of hydrogen-bond donors (Lipinski definition) is 1. The van der Waals surface area contributed by atoms with Crippen LogP contribution in [-0.2, 0) is 0 Å². The standard InChI is InChI=1S/C17H13Br2N3S/c1-11(12-2-6-14(18)7-3-12)21-22-10-16(20-17(22)23)13-4-8-15(19)9-5-13/h2-10H,1H3,(H,20,23)/b21-11+. The first-order valence-electron chi connectivity index (χ1n) is 6.92. The summed E-state index contributed by atoms with van der Waals surface area (Å²) in [7, 11) is 0. The van der Waals surface area contributed by atoms with E-state index in [1.165, 1.54) is 0 Å². The smallest absolute Gasteiger partial charge is 0.198 e. The highest BCUT2D eigenvalue weighted by Crippen LogP contribution is 2.20. The van der Waals surface area contributed by atoms with Crippen LogP contribution in [0.15, 0.2) is 68.8 Å². The minimum absolute atomic E-state index is 0.569. The molecule has 1 aromatic heterocycles.